The Bertz CT molecular complexity index is 361. The molecule has 1 aliphatic heterocycles. The van der Waals surface area contributed by atoms with Crippen LogP contribution in [0.1, 0.15) is 18.4 Å². The van der Waals surface area contributed by atoms with Gasteiger partial charge < -0.3 is 14.6 Å². The van der Waals surface area contributed by atoms with Gasteiger partial charge in [-0.1, -0.05) is 42.5 Å². The van der Waals surface area contributed by atoms with Crippen LogP contribution in [0.25, 0.3) is 0 Å². The molecule has 18 heavy (non-hydrogen) atoms. The van der Waals surface area contributed by atoms with Crippen LogP contribution < -0.4 is 0 Å². The number of benzene rings is 1. The van der Waals surface area contributed by atoms with Crippen molar-refractivity contribution >= 4 is 0 Å². The minimum Gasteiger partial charge on any atom is -0.394 e. The third-order valence-electron chi connectivity index (χ3n) is 2.97. The van der Waals surface area contributed by atoms with Gasteiger partial charge in [0.1, 0.15) is 0 Å². The third kappa shape index (κ3) is 4.26. The maximum Gasteiger partial charge on any atom is 0.0848 e. The maximum absolute atomic E-state index is 9.14. The van der Waals surface area contributed by atoms with Gasteiger partial charge in [-0.05, 0) is 18.4 Å². The van der Waals surface area contributed by atoms with E-state index in [1.165, 1.54) is 5.56 Å². The quantitative estimate of drug-likeness (QED) is 0.813. The Balaban J connectivity index is 1.74. The molecule has 3 nitrogen and oxygen atoms in total. The number of hydrogen-bond donors (Lipinski definition) is 1. The standard InChI is InChI=1S/C15H20O3/c16-10-14-8-4-5-9-15(18-14)12-17-11-13-6-2-1-3-7-13/h1-7,14-16H,8-12H2/t14-,15+/m1/s1. The van der Waals surface area contributed by atoms with E-state index in [2.05, 4.69) is 12.2 Å². The van der Waals surface area contributed by atoms with Gasteiger partial charge in [-0.3, -0.25) is 0 Å². The van der Waals surface area contributed by atoms with Gasteiger partial charge in [-0.15, -0.1) is 0 Å². The molecule has 0 fully saturated rings. The molecule has 1 heterocycles. The lowest BCUT2D eigenvalue weighted by molar-refractivity contribution is -0.0710. The minimum absolute atomic E-state index is 0.0459. The summed E-state index contributed by atoms with van der Waals surface area (Å²) < 4.78 is 11.4. The second-order valence-corrected chi connectivity index (χ2v) is 4.51. The van der Waals surface area contributed by atoms with E-state index in [-0.39, 0.29) is 18.8 Å². The molecule has 2 rings (SSSR count). The van der Waals surface area contributed by atoms with Crippen LogP contribution >= 0.6 is 0 Å². The molecule has 98 valence electrons. The molecular formula is C15H20O3. The summed E-state index contributed by atoms with van der Waals surface area (Å²) in [5.41, 5.74) is 1.17. The number of aliphatic hydroxyl groups excluding tert-OH is 1. The highest BCUT2D eigenvalue weighted by Gasteiger charge is 2.17. The summed E-state index contributed by atoms with van der Waals surface area (Å²) in [6, 6.07) is 10.1. The van der Waals surface area contributed by atoms with Crippen LogP contribution in [0.2, 0.25) is 0 Å². The summed E-state index contributed by atoms with van der Waals surface area (Å²) in [5, 5.41) is 9.14. The van der Waals surface area contributed by atoms with E-state index in [0.29, 0.717) is 13.2 Å². The van der Waals surface area contributed by atoms with Crippen LogP contribution in [0, 0.1) is 0 Å². The van der Waals surface area contributed by atoms with Gasteiger partial charge in [-0.2, -0.15) is 0 Å². The van der Waals surface area contributed by atoms with Crippen molar-refractivity contribution in [2.24, 2.45) is 0 Å². The summed E-state index contributed by atoms with van der Waals surface area (Å²) in [6.07, 6.45) is 5.76. The molecule has 3 heteroatoms. The van der Waals surface area contributed by atoms with E-state index in [1.54, 1.807) is 0 Å². The lowest BCUT2D eigenvalue weighted by Gasteiger charge is -2.20. The molecule has 1 N–H and O–H groups in total. The Morgan fingerprint density at radius 3 is 2.56 bits per heavy atom. The Morgan fingerprint density at radius 2 is 1.83 bits per heavy atom. The second kappa shape index (κ2) is 7.31. The molecule has 2 atom stereocenters. The van der Waals surface area contributed by atoms with E-state index in [0.717, 1.165) is 12.8 Å². The van der Waals surface area contributed by atoms with Crippen LogP contribution in [0.3, 0.4) is 0 Å². The molecule has 0 aromatic heterocycles. The molecule has 0 saturated carbocycles. The zero-order valence-electron chi connectivity index (χ0n) is 10.5. The molecule has 0 saturated heterocycles. The molecule has 0 radical (unpaired) electrons. The SMILES string of the molecule is OC[C@H]1CC=CC[C@@H](COCc2ccccc2)O1. The molecule has 0 spiro atoms. The summed E-state index contributed by atoms with van der Waals surface area (Å²) in [7, 11) is 0. The lowest BCUT2D eigenvalue weighted by Crippen LogP contribution is -2.26. The fraction of sp³-hybridized carbons (Fsp3) is 0.467. The number of ether oxygens (including phenoxy) is 2. The van der Waals surface area contributed by atoms with E-state index >= 15 is 0 Å². The molecule has 1 aromatic rings. The highest BCUT2D eigenvalue weighted by Crippen LogP contribution is 2.13. The monoisotopic (exact) mass is 248 g/mol. The summed E-state index contributed by atoms with van der Waals surface area (Å²) in [6.45, 7) is 1.24. The first-order chi connectivity index (χ1) is 8.88. The summed E-state index contributed by atoms with van der Waals surface area (Å²) >= 11 is 0. The smallest absolute Gasteiger partial charge is 0.0848 e. The Labute approximate surface area is 108 Å². The van der Waals surface area contributed by atoms with Crippen LogP contribution in [0.5, 0.6) is 0 Å². The highest BCUT2D eigenvalue weighted by atomic mass is 16.5. The maximum atomic E-state index is 9.14. The molecule has 1 aliphatic rings. The fourth-order valence-electron chi connectivity index (χ4n) is 1.99. The predicted octanol–water partition coefficient (Wildman–Crippen LogP) is 2.30. The lowest BCUT2D eigenvalue weighted by atomic mass is 10.2. The average Bonchev–Trinajstić information content (AvgIpc) is 2.65. The minimum atomic E-state index is -0.0888. The van der Waals surface area contributed by atoms with E-state index in [4.69, 9.17) is 14.6 Å². The van der Waals surface area contributed by atoms with Crippen molar-refractivity contribution in [2.45, 2.75) is 31.7 Å². The van der Waals surface area contributed by atoms with Gasteiger partial charge in [0.2, 0.25) is 0 Å². The average molecular weight is 248 g/mol. The largest absolute Gasteiger partial charge is 0.394 e. The van der Waals surface area contributed by atoms with Crippen molar-refractivity contribution in [1.82, 2.24) is 0 Å². The predicted molar refractivity (Wildman–Crippen MR) is 70.2 cm³/mol. The Kier molecular flexibility index (Phi) is 5.39. The van der Waals surface area contributed by atoms with Gasteiger partial charge in [0.25, 0.3) is 0 Å². The van der Waals surface area contributed by atoms with Crippen LogP contribution in [-0.4, -0.2) is 30.5 Å². The summed E-state index contributed by atoms with van der Waals surface area (Å²) in [4.78, 5) is 0. The fourth-order valence-corrected chi connectivity index (χ4v) is 1.99. The highest BCUT2D eigenvalue weighted by molar-refractivity contribution is 5.13. The second-order valence-electron chi connectivity index (χ2n) is 4.51. The van der Waals surface area contributed by atoms with Crippen molar-refractivity contribution in [3.63, 3.8) is 0 Å². The van der Waals surface area contributed by atoms with Crippen molar-refractivity contribution in [3.8, 4) is 0 Å². The van der Waals surface area contributed by atoms with E-state index in [9.17, 15) is 0 Å². The Hall–Kier alpha value is -1.16. The molecule has 1 aromatic carbocycles. The molecule has 0 bridgehead atoms. The normalized spacial score (nSPS) is 23.8. The van der Waals surface area contributed by atoms with E-state index < -0.39 is 0 Å². The molecule has 0 amide bonds. The van der Waals surface area contributed by atoms with Crippen molar-refractivity contribution in [3.05, 3.63) is 48.0 Å². The first-order valence-electron chi connectivity index (χ1n) is 6.41. The van der Waals surface area contributed by atoms with Gasteiger partial charge in [0.05, 0.1) is 32.0 Å². The van der Waals surface area contributed by atoms with Gasteiger partial charge in [0, 0.05) is 0 Å². The zero-order valence-corrected chi connectivity index (χ0v) is 10.5. The van der Waals surface area contributed by atoms with Crippen molar-refractivity contribution < 1.29 is 14.6 Å². The zero-order chi connectivity index (χ0) is 12.6. The topological polar surface area (TPSA) is 38.7 Å². The van der Waals surface area contributed by atoms with Crippen LogP contribution in [0.15, 0.2) is 42.5 Å². The summed E-state index contributed by atoms with van der Waals surface area (Å²) in [5.74, 6) is 0. The first-order valence-corrected chi connectivity index (χ1v) is 6.41. The third-order valence-corrected chi connectivity index (χ3v) is 2.97. The number of aliphatic hydroxyl groups is 1. The first kappa shape index (κ1) is 13.3. The van der Waals surface area contributed by atoms with Crippen molar-refractivity contribution in [1.29, 1.82) is 0 Å². The Morgan fingerprint density at radius 1 is 1.11 bits per heavy atom. The molecule has 0 aliphatic carbocycles. The molecule has 0 unspecified atom stereocenters. The van der Waals surface area contributed by atoms with Gasteiger partial charge in [0.15, 0.2) is 0 Å². The van der Waals surface area contributed by atoms with E-state index in [1.807, 2.05) is 30.3 Å². The molecular weight excluding hydrogens is 228 g/mol. The number of hydrogen-bond acceptors (Lipinski definition) is 3. The van der Waals surface area contributed by atoms with Crippen LogP contribution in [0.4, 0.5) is 0 Å². The van der Waals surface area contributed by atoms with Crippen LogP contribution in [-0.2, 0) is 16.1 Å². The van der Waals surface area contributed by atoms with Gasteiger partial charge >= 0.3 is 0 Å². The van der Waals surface area contributed by atoms with Crippen molar-refractivity contribution in [2.75, 3.05) is 13.2 Å². The van der Waals surface area contributed by atoms with Gasteiger partial charge in [-0.25, -0.2) is 0 Å². The number of rotatable bonds is 5.